The van der Waals surface area contributed by atoms with E-state index >= 15 is 0 Å². The molecule has 1 aliphatic carbocycles. The Bertz CT molecular complexity index is 145. The first kappa shape index (κ1) is 7.18. The molecule has 0 spiro atoms. The van der Waals surface area contributed by atoms with Gasteiger partial charge in [-0.3, -0.25) is 4.79 Å². The average molecular weight is 141 g/mol. The number of carbonyl (C=O) groups excluding carboxylic acids is 1. The quantitative estimate of drug-likeness (QED) is 0.334. The van der Waals surface area contributed by atoms with Gasteiger partial charge in [0, 0.05) is 12.8 Å². The summed E-state index contributed by atoms with van der Waals surface area (Å²) in [6.45, 7) is 0. The van der Waals surface area contributed by atoms with E-state index in [1.807, 2.05) is 0 Å². The van der Waals surface area contributed by atoms with Crippen molar-refractivity contribution in [2.24, 2.45) is 16.2 Å². The highest BCUT2D eigenvalue weighted by molar-refractivity contribution is 5.79. The minimum Gasteiger partial charge on any atom is -0.305 e. The predicted molar refractivity (Wildman–Crippen MR) is 36.3 cm³/mol. The molecule has 4 heteroatoms. The van der Waals surface area contributed by atoms with Crippen LogP contribution in [0.4, 0.5) is 0 Å². The molecule has 0 bridgehead atoms. The van der Waals surface area contributed by atoms with E-state index in [1.165, 1.54) is 0 Å². The lowest BCUT2D eigenvalue weighted by molar-refractivity contribution is -0.120. The maximum absolute atomic E-state index is 10.7. The molecule has 0 aromatic heterocycles. The van der Waals surface area contributed by atoms with Crippen LogP contribution in [0.2, 0.25) is 0 Å². The fourth-order valence-electron chi connectivity index (χ4n) is 1.13. The van der Waals surface area contributed by atoms with Gasteiger partial charge < -0.3 is 5.84 Å². The molecule has 0 aromatic carbocycles. The van der Waals surface area contributed by atoms with Crippen molar-refractivity contribution in [2.75, 3.05) is 0 Å². The Balaban J connectivity index is 2.32. The maximum atomic E-state index is 10.7. The molecule has 56 valence electrons. The van der Waals surface area contributed by atoms with Crippen molar-refractivity contribution in [3.8, 4) is 0 Å². The Hall–Kier alpha value is -0.930. The van der Waals surface area contributed by atoms with E-state index in [-0.39, 0.29) is 6.04 Å². The smallest absolute Gasteiger partial charge is 0.133 e. The van der Waals surface area contributed by atoms with Crippen molar-refractivity contribution < 1.29 is 4.79 Å². The van der Waals surface area contributed by atoms with Gasteiger partial charge in [-0.25, -0.2) is 0 Å². The number of hydrogen-bond acceptors (Lipinski definition) is 3. The van der Waals surface area contributed by atoms with Crippen LogP contribution >= 0.6 is 0 Å². The zero-order valence-electron chi connectivity index (χ0n) is 5.79. The maximum Gasteiger partial charge on any atom is 0.133 e. The van der Waals surface area contributed by atoms with Crippen molar-refractivity contribution in [2.45, 2.75) is 31.7 Å². The summed E-state index contributed by atoms with van der Waals surface area (Å²) in [4.78, 5) is 10.7. The molecule has 0 amide bonds. The highest BCUT2D eigenvalue weighted by Gasteiger charge is 2.17. The van der Waals surface area contributed by atoms with Gasteiger partial charge in [0.05, 0.1) is 6.04 Å². The lowest BCUT2D eigenvalue weighted by Gasteiger charge is -2.14. The molecule has 10 heavy (non-hydrogen) atoms. The molecule has 1 aliphatic rings. The first-order valence-corrected chi connectivity index (χ1v) is 3.44. The molecule has 0 aromatic rings. The molecule has 4 nitrogen and oxygen atoms in total. The highest BCUT2D eigenvalue weighted by Crippen LogP contribution is 2.17. The highest BCUT2D eigenvalue weighted by atomic mass is 16.1. The Morgan fingerprint density at radius 1 is 1.40 bits per heavy atom. The lowest BCUT2D eigenvalue weighted by Crippen LogP contribution is -2.16. The van der Waals surface area contributed by atoms with Crippen molar-refractivity contribution in [3.63, 3.8) is 0 Å². The molecule has 0 aliphatic heterocycles. The molecular formula is C6H11N3O. The Kier molecular flexibility index (Phi) is 2.36. The summed E-state index contributed by atoms with van der Waals surface area (Å²) in [5.74, 6) is 5.20. The summed E-state index contributed by atoms with van der Waals surface area (Å²) >= 11 is 0. The normalized spacial score (nSPS) is 22.2. The van der Waals surface area contributed by atoms with Gasteiger partial charge >= 0.3 is 0 Å². The van der Waals surface area contributed by atoms with Crippen molar-refractivity contribution in [3.05, 3.63) is 0 Å². The van der Waals surface area contributed by atoms with E-state index in [0.717, 1.165) is 12.8 Å². The van der Waals surface area contributed by atoms with Crippen LogP contribution in [-0.4, -0.2) is 11.8 Å². The molecular weight excluding hydrogens is 130 g/mol. The fourth-order valence-corrected chi connectivity index (χ4v) is 1.13. The van der Waals surface area contributed by atoms with Crippen LogP contribution in [0.3, 0.4) is 0 Å². The zero-order chi connectivity index (χ0) is 7.40. The lowest BCUT2D eigenvalue weighted by atomic mass is 9.95. The van der Waals surface area contributed by atoms with E-state index in [2.05, 4.69) is 10.3 Å². The Morgan fingerprint density at radius 3 is 2.50 bits per heavy atom. The summed E-state index contributed by atoms with van der Waals surface area (Å²) < 4.78 is 0. The molecule has 0 radical (unpaired) electrons. The number of ketones is 1. The largest absolute Gasteiger partial charge is 0.305 e. The van der Waals surface area contributed by atoms with Crippen molar-refractivity contribution in [1.82, 2.24) is 0 Å². The van der Waals surface area contributed by atoms with Gasteiger partial charge in [0.2, 0.25) is 0 Å². The molecule has 0 heterocycles. The number of rotatable bonds is 1. The number of nitrogens with two attached hydrogens (primary N) is 1. The predicted octanol–water partition coefficient (Wildman–Crippen LogP) is 0.824. The summed E-state index contributed by atoms with van der Waals surface area (Å²) in [6.07, 6.45) is 2.92. The second-order valence-corrected chi connectivity index (χ2v) is 2.50. The van der Waals surface area contributed by atoms with Gasteiger partial charge in [-0.2, -0.15) is 5.11 Å². The number of Topliss-reactive ketones (excluding diaryl/α,β-unsaturated/α-hetero) is 1. The van der Waals surface area contributed by atoms with Crippen LogP contribution in [0.1, 0.15) is 25.7 Å². The third-order valence-corrected chi connectivity index (χ3v) is 1.74. The molecule has 1 fully saturated rings. The monoisotopic (exact) mass is 141 g/mol. The fraction of sp³-hybridized carbons (Fsp3) is 0.833. The third-order valence-electron chi connectivity index (χ3n) is 1.74. The van der Waals surface area contributed by atoms with Crippen molar-refractivity contribution in [1.29, 1.82) is 0 Å². The Labute approximate surface area is 59.5 Å². The number of nitrogens with zero attached hydrogens (tertiary/aromatic N) is 2. The van der Waals surface area contributed by atoms with Crippen LogP contribution in [0.25, 0.3) is 0 Å². The molecule has 2 N–H and O–H groups in total. The molecule has 1 rings (SSSR count). The SMILES string of the molecule is NN=NC1CCC(=O)CC1. The average Bonchev–Trinajstić information content (AvgIpc) is 1.95. The summed E-state index contributed by atoms with van der Waals surface area (Å²) in [5.41, 5.74) is 0. The topological polar surface area (TPSA) is 67.8 Å². The minimum atomic E-state index is 0.197. The summed E-state index contributed by atoms with van der Waals surface area (Å²) in [7, 11) is 0. The molecule has 1 saturated carbocycles. The van der Waals surface area contributed by atoms with Gasteiger partial charge in [0.1, 0.15) is 5.78 Å². The van der Waals surface area contributed by atoms with E-state index in [0.29, 0.717) is 18.6 Å². The second kappa shape index (κ2) is 3.29. The van der Waals surface area contributed by atoms with Crippen LogP contribution in [0.15, 0.2) is 10.3 Å². The van der Waals surface area contributed by atoms with Crippen molar-refractivity contribution >= 4 is 5.78 Å². The molecule has 0 unspecified atom stereocenters. The first-order valence-electron chi connectivity index (χ1n) is 3.44. The van der Waals surface area contributed by atoms with Gasteiger partial charge in [-0.1, -0.05) is 5.22 Å². The van der Waals surface area contributed by atoms with Crippen LogP contribution in [-0.2, 0) is 4.79 Å². The minimum absolute atomic E-state index is 0.197. The van der Waals surface area contributed by atoms with Gasteiger partial charge in [-0.15, -0.1) is 0 Å². The van der Waals surface area contributed by atoms with Gasteiger partial charge in [0.25, 0.3) is 0 Å². The van der Waals surface area contributed by atoms with E-state index in [1.54, 1.807) is 0 Å². The van der Waals surface area contributed by atoms with E-state index in [9.17, 15) is 4.79 Å². The van der Waals surface area contributed by atoms with Crippen LogP contribution < -0.4 is 5.84 Å². The van der Waals surface area contributed by atoms with Crippen LogP contribution in [0, 0.1) is 0 Å². The zero-order valence-corrected chi connectivity index (χ0v) is 5.79. The molecule has 0 atom stereocenters. The summed E-state index contributed by atoms with van der Waals surface area (Å²) in [5, 5.41) is 6.97. The first-order chi connectivity index (χ1) is 4.83. The van der Waals surface area contributed by atoms with Gasteiger partial charge in [-0.05, 0) is 12.8 Å². The van der Waals surface area contributed by atoms with Crippen LogP contribution in [0.5, 0.6) is 0 Å². The third kappa shape index (κ3) is 1.79. The number of carbonyl (C=O) groups is 1. The Morgan fingerprint density at radius 2 is 2.00 bits per heavy atom. The molecule has 0 saturated heterocycles. The second-order valence-electron chi connectivity index (χ2n) is 2.50. The van der Waals surface area contributed by atoms with E-state index < -0.39 is 0 Å². The van der Waals surface area contributed by atoms with E-state index in [4.69, 9.17) is 5.84 Å². The summed E-state index contributed by atoms with van der Waals surface area (Å²) in [6, 6.07) is 0.197. The van der Waals surface area contributed by atoms with Gasteiger partial charge in [0.15, 0.2) is 0 Å². The standard InChI is InChI=1S/C6H11N3O/c7-9-8-5-1-3-6(10)4-2-5/h5H,1-4H2,(H2,7,8). The number of hydrogen-bond donors (Lipinski definition) is 1.